The zero-order valence-electron chi connectivity index (χ0n) is 17.2. The topological polar surface area (TPSA) is 120 Å². The third-order valence-electron chi connectivity index (χ3n) is 4.20. The van der Waals surface area contributed by atoms with Crippen molar-refractivity contribution in [2.75, 3.05) is 25.6 Å². The van der Waals surface area contributed by atoms with E-state index in [-0.39, 0.29) is 41.1 Å². The fourth-order valence-corrected chi connectivity index (χ4v) is 3.22. The number of aryl methyl sites for hydroxylation is 3. The van der Waals surface area contributed by atoms with Crippen LogP contribution in [0.25, 0.3) is 0 Å². The van der Waals surface area contributed by atoms with Gasteiger partial charge in [0.1, 0.15) is 0 Å². The minimum absolute atomic E-state index is 0.0658. The molecule has 0 saturated heterocycles. The molecular formula is C21H24ClN3O5. The van der Waals surface area contributed by atoms with Crippen LogP contribution in [0.5, 0.6) is 11.5 Å². The summed E-state index contributed by atoms with van der Waals surface area (Å²) < 4.78 is 10.4. The fourth-order valence-electron chi connectivity index (χ4n) is 2.96. The number of carbonyl (C=O) groups is 3. The summed E-state index contributed by atoms with van der Waals surface area (Å²) in [6.45, 7) is 5.18. The minimum Gasteiger partial charge on any atom is -0.493 e. The number of rotatable bonds is 8. The Morgan fingerprint density at radius 3 is 2.27 bits per heavy atom. The van der Waals surface area contributed by atoms with Gasteiger partial charge in [-0.05, 0) is 44.0 Å². The summed E-state index contributed by atoms with van der Waals surface area (Å²) >= 11 is 6.14. The lowest BCUT2D eigenvalue weighted by Gasteiger charge is -2.14. The van der Waals surface area contributed by atoms with Crippen LogP contribution in [0.15, 0.2) is 24.3 Å². The van der Waals surface area contributed by atoms with Gasteiger partial charge in [0.25, 0.3) is 11.8 Å². The molecule has 0 aliphatic heterocycles. The van der Waals surface area contributed by atoms with E-state index in [1.165, 1.54) is 19.2 Å². The van der Waals surface area contributed by atoms with E-state index in [2.05, 4.69) is 10.6 Å². The molecule has 0 unspecified atom stereocenters. The third-order valence-corrected chi connectivity index (χ3v) is 4.48. The zero-order valence-corrected chi connectivity index (χ0v) is 18.0. The number of nitrogens with one attached hydrogen (secondary N) is 2. The molecule has 0 atom stereocenters. The highest BCUT2D eigenvalue weighted by molar-refractivity contribution is 6.32. The summed E-state index contributed by atoms with van der Waals surface area (Å²) in [7, 11) is 1.37. The molecule has 0 saturated carbocycles. The fraction of sp³-hybridized carbons (Fsp3) is 0.286. The van der Waals surface area contributed by atoms with Crippen molar-refractivity contribution < 1.29 is 23.9 Å². The molecule has 0 aromatic heterocycles. The molecule has 8 nitrogen and oxygen atoms in total. The molecule has 160 valence electrons. The summed E-state index contributed by atoms with van der Waals surface area (Å²) in [4.78, 5) is 35.7. The van der Waals surface area contributed by atoms with Gasteiger partial charge in [-0.2, -0.15) is 0 Å². The van der Waals surface area contributed by atoms with Crippen LogP contribution >= 0.6 is 11.6 Å². The van der Waals surface area contributed by atoms with Crippen molar-refractivity contribution in [3.63, 3.8) is 0 Å². The van der Waals surface area contributed by atoms with Crippen molar-refractivity contribution in [1.29, 1.82) is 0 Å². The van der Waals surface area contributed by atoms with E-state index in [1.807, 2.05) is 32.9 Å². The lowest BCUT2D eigenvalue weighted by atomic mass is 10.1. The first-order valence-corrected chi connectivity index (χ1v) is 9.44. The van der Waals surface area contributed by atoms with Gasteiger partial charge < -0.3 is 25.8 Å². The Morgan fingerprint density at radius 1 is 1.07 bits per heavy atom. The quantitative estimate of drug-likeness (QED) is 0.590. The second-order valence-electron chi connectivity index (χ2n) is 6.75. The molecule has 2 aromatic carbocycles. The van der Waals surface area contributed by atoms with E-state index < -0.39 is 11.8 Å². The number of carbonyl (C=O) groups excluding carboxylic acids is 3. The Hall–Kier alpha value is -3.26. The molecule has 0 radical (unpaired) electrons. The zero-order chi connectivity index (χ0) is 22.4. The molecule has 0 aliphatic rings. The Morgan fingerprint density at radius 2 is 1.70 bits per heavy atom. The second-order valence-corrected chi connectivity index (χ2v) is 7.16. The van der Waals surface area contributed by atoms with Gasteiger partial charge in [-0.3, -0.25) is 14.4 Å². The van der Waals surface area contributed by atoms with Crippen LogP contribution in [0.3, 0.4) is 0 Å². The first-order valence-electron chi connectivity index (χ1n) is 9.07. The summed E-state index contributed by atoms with van der Waals surface area (Å²) in [5.41, 5.74) is 8.93. The number of methoxy groups -OCH3 is 1. The number of amides is 3. The normalized spacial score (nSPS) is 10.3. The first kappa shape index (κ1) is 23.0. The van der Waals surface area contributed by atoms with Crippen LogP contribution in [0.2, 0.25) is 5.02 Å². The highest BCUT2D eigenvalue weighted by atomic mass is 35.5. The summed E-state index contributed by atoms with van der Waals surface area (Å²) in [6, 6.07) is 6.68. The number of halogens is 1. The molecule has 0 heterocycles. The molecule has 2 rings (SSSR count). The number of hydrogen-bond donors (Lipinski definition) is 3. The molecule has 0 bridgehead atoms. The molecular weight excluding hydrogens is 410 g/mol. The highest BCUT2D eigenvalue weighted by Crippen LogP contribution is 2.36. The third kappa shape index (κ3) is 5.87. The predicted octanol–water partition coefficient (Wildman–Crippen LogP) is 2.51. The van der Waals surface area contributed by atoms with Crippen LogP contribution < -0.4 is 25.8 Å². The number of ether oxygens (including phenoxy) is 2. The van der Waals surface area contributed by atoms with Crippen LogP contribution in [-0.2, 0) is 9.59 Å². The van der Waals surface area contributed by atoms with Gasteiger partial charge in [0, 0.05) is 11.3 Å². The first-order chi connectivity index (χ1) is 14.1. The standard InChI is InChI=1S/C21H24ClN3O5/c1-11-5-12(2)19(13(3)6-11)25-18(27)9-24-21(28)14-7-15(22)20(16(8-14)29-4)30-10-17(23)26/h5-8H,9-10H2,1-4H3,(H2,23,26)(H,24,28)(H,25,27). The van der Waals surface area contributed by atoms with Crippen molar-refractivity contribution >= 4 is 35.0 Å². The van der Waals surface area contributed by atoms with Gasteiger partial charge in [0.15, 0.2) is 18.1 Å². The average Bonchev–Trinajstić information content (AvgIpc) is 2.67. The molecule has 0 aliphatic carbocycles. The van der Waals surface area contributed by atoms with E-state index in [4.69, 9.17) is 26.8 Å². The molecule has 3 amide bonds. The van der Waals surface area contributed by atoms with Gasteiger partial charge in [-0.1, -0.05) is 29.3 Å². The Labute approximate surface area is 179 Å². The largest absolute Gasteiger partial charge is 0.493 e. The average molecular weight is 434 g/mol. The summed E-state index contributed by atoms with van der Waals surface area (Å²) in [5.74, 6) is -1.32. The maximum atomic E-state index is 12.5. The van der Waals surface area contributed by atoms with Gasteiger partial charge in [-0.15, -0.1) is 0 Å². The maximum absolute atomic E-state index is 12.5. The van der Waals surface area contributed by atoms with E-state index in [0.717, 1.165) is 22.4 Å². The molecule has 9 heteroatoms. The minimum atomic E-state index is -0.681. The number of primary amides is 1. The van der Waals surface area contributed by atoms with Crippen molar-refractivity contribution in [2.24, 2.45) is 5.73 Å². The van der Waals surface area contributed by atoms with Crippen LogP contribution in [0.4, 0.5) is 5.69 Å². The van der Waals surface area contributed by atoms with Crippen molar-refractivity contribution in [1.82, 2.24) is 5.32 Å². The molecule has 4 N–H and O–H groups in total. The van der Waals surface area contributed by atoms with E-state index in [0.29, 0.717) is 0 Å². The second kappa shape index (κ2) is 9.98. The number of hydrogen-bond acceptors (Lipinski definition) is 5. The maximum Gasteiger partial charge on any atom is 0.255 e. The summed E-state index contributed by atoms with van der Waals surface area (Å²) in [6.07, 6.45) is 0. The lowest BCUT2D eigenvalue weighted by Crippen LogP contribution is -2.33. The van der Waals surface area contributed by atoms with Crippen molar-refractivity contribution in [3.8, 4) is 11.5 Å². The van der Waals surface area contributed by atoms with Gasteiger partial charge in [0.2, 0.25) is 5.91 Å². The molecule has 2 aromatic rings. The van der Waals surface area contributed by atoms with E-state index >= 15 is 0 Å². The van der Waals surface area contributed by atoms with Gasteiger partial charge >= 0.3 is 0 Å². The SMILES string of the molecule is COc1cc(C(=O)NCC(=O)Nc2c(C)cc(C)cc2C)cc(Cl)c1OCC(N)=O. The van der Waals surface area contributed by atoms with Crippen LogP contribution in [0.1, 0.15) is 27.0 Å². The van der Waals surface area contributed by atoms with Crippen molar-refractivity contribution in [3.05, 3.63) is 51.5 Å². The van der Waals surface area contributed by atoms with Crippen molar-refractivity contribution in [2.45, 2.75) is 20.8 Å². The van der Waals surface area contributed by atoms with Crippen LogP contribution in [0, 0.1) is 20.8 Å². The monoisotopic (exact) mass is 433 g/mol. The molecule has 0 fully saturated rings. The molecule has 0 spiro atoms. The van der Waals surface area contributed by atoms with E-state index in [9.17, 15) is 14.4 Å². The number of anilines is 1. The Bertz CT molecular complexity index is 968. The molecule has 30 heavy (non-hydrogen) atoms. The lowest BCUT2D eigenvalue weighted by molar-refractivity contribution is -0.120. The number of benzene rings is 2. The smallest absolute Gasteiger partial charge is 0.255 e. The predicted molar refractivity (Wildman–Crippen MR) is 114 cm³/mol. The Kier molecular flexibility index (Phi) is 7.66. The summed E-state index contributed by atoms with van der Waals surface area (Å²) in [5, 5.41) is 5.42. The highest BCUT2D eigenvalue weighted by Gasteiger charge is 2.17. The van der Waals surface area contributed by atoms with Crippen LogP contribution in [-0.4, -0.2) is 38.0 Å². The van der Waals surface area contributed by atoms with Gasteiger partial charge in [0.05, 0.1) is 18.7 Å². The number of nitrogens with two attached hydrogens (primary N) is 1. The Balaban J connectivity index is 2.06. The van der Waals surface area contributed by atoms with E-state index in [1.54, 1.807) is 0 Å². The van der Waals surface area contributed by atoms with Gasteiger partial charge in [-0.25, -0.2) is 0 Å².